The number of aromatic nitrogens is 2. The Labute approximate surface area is 208 Å². The first kappa shape index (κ1) is 25.2. The summed E-state index contributed by atoms with van der Waals surface area (Å²) in [5, 5.41) is 0.413. The molecule has 3 aromatic rings. The number of halogens is 1. The van der Waals surface area contributed by atoms with E-state index in [1.54, 1.807) is 41.0 Å². The maximum absolute atomic E-state index is 13.8. The number of ether oxygens (including phenoxy) is 2. The molecular formula is C26H29FN4O5. The van der Waals surface area contributed by atoms with Crippen molar-refractivity contribution < 1.29 is 23.5 Å². The van der Waals surface area contributed by atoms with Gasteiger partial charge in [0.25, 0.3) is 11.5 Å². The zero-order valence-electron chi connectivity index (χ0n) is 20.6. The summed E-state index contributed by atoms with van der Waals surface area (Å²) in [6, 6.07) is 7.73. The van der Waals surface area contributed by atoms with Gasteiger partial charge in [0.05, 0.1) is 31.4 Å². The van der Waals surface area contributed by atoms with Crippen molar-refractivity contribution in [2.45, 2.75) is 26.3 Å². The van der Waals surface area contributed by atoms with Crippen molar-refractivity contribution in [3.63, 3.8) is 0 Å². The van der Waals surface area contributed by atoms with Crippen LogP contribution < -0.4 is 15.0 Å². The molecule has 0 spiro atoms. The lowest BCUT2D eigenvalue weighted by atomic mass is 10.1. The summed E-state index contributed by atoms with van der Waals surface area (Å²) in [4.78, 5) is 46.0. The number of benzene rings is 2. The molecule has 36 heavy (non-hydrogen) atoms. The Morgan fingerprint density at radius 2 is 1.67 bits per heavy atom. The van der Waals surface area contributed by atoms with Crippen molar-refractivity contribution in [1.29, 1.82) is 0 Å². The minimum absolute atomic E-state index is 0.0308. The van der Waals surface area contributed by atoms with Gasteiger partial charge in [-0.15, -0.1) is 0 Å². The lowest BCUT2D eigenvalue weighted by Crippen LogP contribution is -2.50. The van der Waals surface area contributed by atoms with Gasteiger partial charge in [0, 0.05) is 50.8 Å². The summed E-state index contributed by atoms with van der Waals surface area (Å²) >= 11 is 0. The fraction of sp³-hybridized carbons (Fsp3) is 0.385. The van der Waals surface area contributed by atoms with E-state index in [2.05, 4.69) is 4.98 Å². The number of fused-ring (bicyclic) bond motifs is 1. The Balaban J connectivity index is 1.31. The predicted octanol–water partition coefficient (Wildman–Crippen LogP) is 2.63. The Morgan fingerprint density at radius 1 is 1.00 bits per heavy atom. The second kappa shape index (κ2) is 10.8. The fourth-order valence-electron chi connectivity index (χ4n) is 4.27. The summed E-state index contributed by atoms with van der Waals surface area (Å²) in [5.41, 5.74) is 1.09. The molecule has 4 rings (SSSR count). The minimum atomic E-state index is -0.408. The second-order valence-electron chi connectivity index (χ2n) is 8.71. The molecule has 0 unspecified atom stereocenters. The van der Waals surface area contributed by atoms with Crippen LogP contribution in [0.15, 0.2) is 41.5 Å². The molecule has 190 valence electrons. The van der Waals surface area contributed by atoms with E-state index in [4.69, 9.17) is 9.47 Å². The Bertz CT molecular complexity index is 1350. The maximum Gasteiger partial charge on any atom is 0.261 e. The van der Waals surface area contributed by atoms with Crippen molar-refractivity contribution in [1.82, 2.24) is 19.4 Å². The van der Waals surface area contributed by atoms with Crippen LogP contribution in [0.2, 0.25) is 0 Å². The maximum atomic E-state index is 13.8. The number of piperazine rings is 1. The number of nitrogens with zero attached hydrogens (tertiary/aromatic N) is 4. The van der Waals surface area contributed by atoms with Gasteiger partial charge >= 0.3 is 0 Å². The molecule has 0 aliphatic carbocycles. The molecule has 1 aliphatic heterocycles. The summed E-state index contributed by atoms with van der Waals surface area (Å²) < 4.78 is 25.9. The largest absolute Gasteiger partial charge is 0.493 e. The van der Waals surface area contributed by atoms with Gasteiger partial charge in [-0.25, -0.2) is 9.37 Å². The van der Waals surface area contributed by atoms with Crippen LogP contribution in [-0.4, -0.2) is 71.6 Å². The molecule has 2 heterocycles. The number of carbonyl (C=O) groups is 2. The first-order chi connectivity index (χ1) is 17.3. The van der Waals surface area contributed by atoms with Gasteiger partial charge in [-0.05, 0) is 37.1 Å². The molecule has 0 bridgehead atoms. The smallest absolute Gasteiger partial charge is 0.261 e. The highest BCUT2D eigenvalue weighted by Crippen LogP contribution is 2.29. The van der Waals surface area contributed by atoms with Gasteiger partial charge < -0.3 is 19.3 Å². The van der Waals surface area contributed by atoms with Crippen molar-refractivity contribution in [3.8, 4) is 11.5 Å². The molecule has 10 heteroatoms. The van der Waals surface area contributed by atoms with Crippen LogP contribution in [0.1, 0.15) is 28.8 Å². The third-order valence-electron chi connectivity index (χ3n) is 6.46. The van der Waals surface area contributed by atoms with E-state index in [1.807, 2.05) is 0 Å². The van der Waals surface area contributed by atoms with Gasteiger partial charge in [-0.2, -0.15) is 0 Å². The van der Waals surface area contributed by atoms with E-state index >= 15 is 0 Å². The highest BCUT2D eigenvalue weighted by atomic mass is 19.1. The minimum Gasteiger partial charge on any atom is -0.493 e. The van der Waals surface area contributed by atoms with E-state index in [0.29, 0.717) is 72.7 Å². The van der Waals surface area contributed by atoms with Gasteiger partial charge in [0.15, 0.2) is 11.5 Å². The predicted molar refractivity (Wildman–Crippen MR) is 132 cm³/mol. The average molecular weight is 497 g/mol. The van der Waals surface area contributed by atoms with Crippen molar-refractivity contribution in [2.75, 3.05) is 40.4 Å². The number of rotatable bonds is 7. The first-order valence-corrected chi connectivity index (χ1v) is 11.8. The van der Waals surface area contributed by atoms with E-state index in [-0.39, 0.29) is 23.8 Å². The topological polar surface area (TPSA) is 94.0 Å². The number of aryl methyl sites for hydroxylation is 2. The lowest BCUT2D eigenvalue weighted by Gasteiger charge is -2.35. The summed E-state index contributed by atoms with van der Waals surface area (Å²) in [6.45, 7) is 3.60. The molecule has 1 fully saturated rings. The number of methoxy groups -OCH3 is 2. The van der Waals surface area contributed by atoms with Crippen LogP contribution in [0.25, 0.3) is 10.9 Å². The zero-order chi connectivity index (χ0) is 25.8. The van der Waals surface area contributed by atoms with Gasteiger partial charge in [-0.3, -0.25) is 19.0 Å². The number of hydrogen-bond donors (Lipinski definition) is 0. The molecule has 2 aromatic carbocycles. The van der Waals surface area contributed by atoms with E-state index in [0.717, 1.165) is 0 Å². The monoisotopic (exact) mass is 496 g/mol. The summed E-state index contributed by atoms with van der Waals surface area (Å²) in [5.74, 6) is 0.263. The number of amides is 2. The van der Waals surface area contributed by atoms with Gasteiger partial charge in [-0.1, -0.05) is 6.07 Å². The van der Waals surface area contributed by atoms with Crippen LogP contribution in [0.4, 0.5) is 4.39 Å². The Hall–Kier alpha value is -3.95. The van der Waals surface area contributed by atoms with Crippen LogP contribution in [0.3, 0.4) is 0 Å². The first-order valence-electron chi connectivity index (χ1n) is 11.8. The molecule has 0 atom stereocenters. The SMILES string of the molecule is COc1cc2ncn(CCCC(=O)N3CCN(C(=O)c4ccc(C)c(F)c4)CC3)c(=O)c2cc1OC. The fourth-order valence-corrected chi connectivity index (χ4v) is 4.27. The molecular weight excluding hydrogens is 467 g/mol. The molecule has 1 saturated heterocycles. The lowest BCUT2D eigenvalue weighted by molar-refractivity contribution is -0.132. The van der Waals surface area contributed by atoms with Crippen molar-refractivity contribution in [2.24, 2.45) is 0 Å². The standard InChI is InChI=1S/C26H29FN4O5/c1-17-6-7-18(13-20(17)27)25(33)30-11-9-29(10-12-30)24(32)5-4-8-31-16-28-21-15-23(36-3)22(35-2)14-19(21)26(31)34/h6-7,13-16H,4-5,8-12H2,1-3H3. The molecule has 0 radical (unpaired) electrons. The highest BCUT2D eigenvalue weighted by molar-refractivity contribution is 5.94. The summed E-state index contributed by atoms with van der Waals surface area (Å²) in [7, 11) is 3.02. The highest BCUT2D eigenvalue weighted by Gasteiger charge is 2.25. The van der Waals surface area contributed by atoms with Gasteiger partial charge in [0.1, 0.15) is 5.82 Å². The zero-order valence-corrected chi connectivity index (χ0v) is 20.6. The molecule has 2 amide bonds. The van der Waals surface area contributed by atoms with Crippen LogP contribution >= 0.6 is 0 Å². The average Bonchev–Trinajstić information content (AvgIpc) is 2.90. The van der Waals surface area contributed by atoms with E-state index in [9.17, 15) is 18.8 Å². The van der Waals surface area contributed by atoms with Crippen LogP contribution in [-0.2, 0) is 11.3 Å². The van der Waals surface area contributed by atoms with Crippen molar-refractivity contribution >= 4 is 22.7 Å². The van der Waals surface area contributed by atoms with E-state index < -0.39 is 5.82 Å². The quantitative estimate of drug-likeness (QED) is 0.499. The third kappa shape index (κ3) is 5.17. The molecule has 0 N–H and O–H groups in total. The Morgan fingerprint density at radius 3 is 2.33 bits per heavy atom. The third-order valence-corrected chi connectivity index (χ3v) is 6.46. The Kier molecular flexibility index (Phi) is 7.52. The van der Waals surface area contributed by atoms with Gasteiger partial charge in [0.2, 0.25) is 5.91 Å². The molecule has 9 nitrogen and oxygen atoms in total. The van der Waals surface area contributed by atoms with Crippen LogP contribution in [0, 0.1) is 12.7 Å². The normalized spacial score (nSPS) is 13.7. The number of carbonyl (C=O) groups excluding carboxylic acids is 2. The molecule has 1 aromatic heterocycles. The van der Waals surface area contributed by atoms with Crippen molar-refractivity contribution in [3.05, 3.63) is 64.0 Å². The van der Waals surface area contributed by atoms with E-state index in [1.165, 1.54) is 31.2 Å². The molecule has 1 aliphatic rings. The molecule has 0 saturated carbocycles. The van der Waals surface area contributed by atoms with Crippen LogP contribution in [0.5, 0.6) is 11.5 Å². The number of hydrogen-bond acceptors (Lipinski definition) is 6. The second-order valence-corrected chi connectivity index (χ2v) is 8.71. The summed E-state index contributed by atoms with van der Waals surface area (Å²) in [6.07, 6.45) is 2.22.